The van der Waals surface area contributed by atoms with Gasteiger partial charge in [-0.1, -0.05) is 42.0 Å². The average molecular weight is 362 g/mol. The summed E-state index contributed by atoms with van der Waals surface area (Å²) in [5, 5.41) is 0.462. The van der Waals surface area contributed by atoms with Gasteiger partial charge in [0.25, 0.3) is 0 Å². The minimum atomic E-state index is -0.264. The van der Waals surface area contributed by atoms with Gasteiger partial charge in [-0.05, 0) is 30.3 Å². The largest absolute Gasteiger partial charge is 0.457 e. The van der Waals surface area contributed by atoms with Crippen LogP contribution in [0.4, 0.5) is 0 Å². The maximum Gasteiger partial charge on any atom is 0.223 e. The van der Waals surface area contributed by atoms with Gasteiger partial charge in [0.2, 0.25) is 5.78 Å². The van der Waals surface area contributed by atoms with Gasteiger partial charge in [0.1, 0.15) is 11.5 Å². The molecule has 1 aliphatic rings. The molecule has 3 rings (SSSR count). The normalized spacial score (nSPS) is 14.3. The summed E-state index contributed by atoms with van der Waals surface area (Å²) in [4.78, 5) is 15.0. The molecule has 6 heteroatoms. The second kappa shape index (κ2) is 7.75. The number of rotatable bonds is 4. The molecule has 1 saturated heterocycles. The van der Waals surface area contributed by atoms with Gasteiger partial charge in [-0.3, -0.25) is 4.79 Å². The molecule has 0 N–H and O–H groups in total. The van der Waals surface area contributed by atoms with Crippen molar-refractivity contribution in [1.82, 2.24) is 4.90 Å². The highest BCUT2D eigenvalue weighted by Crippen LogP contribution is 2.29. The van der Waals surface area contributed by atoms with Crippen LogP contribution in [0.15, 0.2) is 48.5 Å². The first kappa shape index (κ1) is 16.9. The number of hydrogen-bond acceptors (Lipinski definition) is 4. The number of halogens is 1. The number of nitrogens with zero attached hydrogens (tertiary/aromatic N) is 1. The number of ketones is 1. The molecule has 0 saturated carbocycles. The number of para-hydroxylation sites is 1. The monoisotopic (exact) mass is 361 g/mol. The third-order valence-corrected chi connectivity index (χ3v) is 4.33. The number of thiocarbonyl (C=S) groups is 1. The van der Waals surface area contributed by atoms with Crippen LogP contribution in [0.5, 0.6) is 11.5 Å². The molecular formula is C18H16ClNO3S. The molecule has 1 fully saturated rings. The van der Waals surface area contributed by atoms with Gasteiger partial charge in [-0.25, -0.2) is 0 Å². The molecule has 0 amide bonds. The van der Waals surface area contributed by atoms with E-state index >= 15 is 0 Å². The van der Waals surface area contributed by atoms with Crippen molar-refractivity contribution in [3.05, 3.63) is 59.1 Å². The van der Waals surface area contributed by atoms with Crippen LogP contribution in [0.2, 0.25) is 5.02 Å². The zero-order valence-electron chi connectivity index (χ0n) is 12.9. The molecule has 1 aliphatic heterocycles. The van der Waals surface area contributed by atoms with Gasteiger partial charge in [-0.2, -0.15) is 0 Å². The third-order valence-electron chi connectivity index (χ3n) is 3.65. The fourth-order valence-corrected chi connectivity index (χ4v) is 2.87. The van der Waals surface area contributed by atoms with Crippen LogP contribution >= 0.6 is 23.8 Å². The van der Waals surface area contributed by atoms with E-state index in [1.54, 1.807) is 18.2 Å². The molecule has 0 bridgehead atoms. The molecule has 0 unspecified atom stereocenters. The summed E-state index contributed by atoms with van der Waals surface area (Å²) >= 11 is 11.4. The molecule has 2 aromatic carbocycles. The molecule has 0 aliphatic carbocycles. The number of Topliss-reactive ketones (excluding diaryl/α,β-unsaturated/α-hetero) is 1. The highest BCUT2D eigenvalue weighted by atomic mass is 35.5. The van der Waals surface area contributed by atoms with E-state index in [1.807, 2.05) is 35.2 Å². The summed E-state index contributed by atoms with van der Waals surface area (Å²) in [7, 11) is 0. The van der Waals surface area contributed by atoms with Crippen molar-refractivity contribution in [1.29, 1.82) is 0 Å². The second-order valence-corrected chi connectivity index (χ2v) is 6.11. The Hall–Kier alpha value is -1.95. The highest BCUT2D eigenvalue weighted by Gasteiger charge is 2.24. The molecule has 24 heavy (non-hydrogen) atoms. The van der Waals surface area contributed by atoms with Crippen LogP contribution in [0.25, 0.3) is 0 Å². The molecule has 124 valence electrons. The van der Waals surface area contributed by atoms with E-state index in [2.05, 4.69) is 0 Å². The standard InChI is InChI=1S/C18H16ClNO3S/c19-13-6-7-16(23-14-4-2-1-3-5-14)15(12-13)17(21)18(24)20-8-10-22-11-9-20/h1-7,12H,8-11H2. The van der Waals surface area contributed by atoms with E-state index in [9.17, 15) is 4.79 Å². The lowest BCUT2D eigenvalue weighted by molar-refractivity contribution is 0.0670. The van der Waals surface area contributed by atoms with Crippen LogP contribution in [0.1, 0.15) is 10.4 Å². The maximum atomic E-state index is 12.8. The van der Waals surface area contributed by atoms with Gasteiger partial charge in [0.05, 0.1) is 18.8 Å². The minimum absolute atomic E-state index is 0.262. The van der Waals surface area contributed by atoms with E-state index in [1.165, 1.54) is 0 Å². The Kier molecular flexibility index (Phi) is 5.45. The summed E-state index contributed by atoms with van der Waals surface area (Å²) in [6, 6.07) is 14.2. The van der Waals surface area contributed by atoms with Crippen molar-refractivity contribution in [3.8, 4) is 11.5 Å². The third kappa shape index (κ3) is 3.93. The van der Waals surface area contributed by atoms with Crippen LogP contribution in [-0.4, -0.2) is 42.0 Å². The summed E-state index contributed by atoms with van der Waals surface area (Å²) in [6.45, 7) is 2.35. The lowest BCUT2D eigenvalue weighted by Crippen LogP contribution is -2.43. The maximum absolute atomic E-state index is 12.8. The Labute approximate surface area is 150 Å². The van der Waals surface area contributed by atoms with E-state index in [0.717, 1.165) is 0 Å². The van der Waals surface area contributed by atoms with Crippen LogP contribution < -0.4 is 4.74 Å². The van der Waals surface area contributed by atoms with Crippen molar-refractivity contribution in [2.75, 3.05) is 26.3 Å². The van der Waals surface area contributed by atoms with Crippen molar-refractivity contribution >= 4 is 34.6 Å². The summed E-state index contributed by atoms with van der Waals surface area (Å²) in [5.41, 5.74) is 0.364. The average Bonchev–Trinajstić information content (AvgIpc) is 2.63. The van der Waals surface area contributed by atoms with Crippen molar-refractivity contribution in [3.63, 3.8) is 0 Å². The summed E-state index contributed by atoms with van der Waals surface area (Å²) in [5.74, 6) is 0.817. The molecule has 4 nitrogen and oxygen atoms in total. The topological polar surface area (TPSA) is 38.8 Å². The number of carbonyl (C=O) groups excluding carboxylic acids is 1. The SMILES string of the molecule is O=C(C(=S)N1CCOCC1)c1cc(Cl)ccc1Oc1ccccc1. The Morgan fingerprint density at radius 1 is 1.12 bits per heavy atom. The Bertz CT molecular complexity index is 745. The van der Waals surface area contributed by atoms with Crippen LogP contribution in [0.3, 0.4) is 0 Å². The predicted molar refractivity (Wildman–Crippen MR) is 97.3 cm³/mol. The fourth-order valence-electron chi connectivity index (χ4n) is 2.41. The smallest absolute Gasteiger partial charge is 0.223 e. The zero-order chi connectivity index (χ0) is 16.9. The van der Waals surface area contributed by atoms with Crippen molar-refractivity contribution in [2.45, 2.75) is 0 Å². The second-order valence-electron chi connectivity index (χ2n) is 5.29. The van der Waals surface area contributed by atoms with E-state index in [-0.39, 0.29) is 10.8 Å². The van der Waals surface area contributed by atoms with Crippen LogP contribution in [-0.2, 0) is 4.74 Å². The molecule has 0 spiro atoms. The minimum Gasteiger partial charge on any atom is -0.457 e. The van der Waals surface area contributed by atoms with Gasteiger partial charge in [0.15, 0.2) is 4.99 Å². The number of morpholine rings is 1. The number of carbonyl (C=O) groups is 1. The van der Waals surface area contributed by atoms with Gasteiger partial charge in [-0.15, -0.1) is 0 Å². The van der Waals surface area contributed by atoms with E-state index in [0.29, 0.717) is 48.4 Å². The quantitative estimate of drug-likeness (QED) is 0.608. The van der Waals surface area contributed by atoms with E-state index < -0.39 is 0 Å². The number of hydrogen-bond donors (Lipinski definition) is 0. The fraction of sp³-hybridized carbons (Fsp3) is 0.222. The molecule has 2 aromatic rings. The molecule has 0 radical (unpaired) electrons. The van der Waals surface area contributed by atoms with E-state index in [4.69, 9.17) is 33.3 Å². The van der Waals surface area contributed by atoms with Crippen molar-refractivity contribution in [2.24, 2.45) is 0 Å². The number of benzene rings is 2. The highest BCUT2D eigenvalue weighted by molar-refractivity contribution is 7.82. The molecule has 0 aromatic heterocycles. The first-order valence-electron chi connectivity index (χ1n) is 7.59. The summed E-state index contributed by atoms with van der Waals surface area (Å²) in [6.07, 6.45) is 0. The van der Waals surface area contributed by atoms with Gasteiger partial charge in [0, 0.05) is 18.1 Å². The Balaban J connectivity index is 1.87. The lowest BCUT2D eigenvalue weighted by Gasteiger charge is -2.28. The lowest BCUT2D eigenvalue weighted by atomic mass is 10.1. The Morgan fingerprint density at radius 3 is 2.54 bits per heavy atom. The molecule has 0 atom stereocenters. The Morgan fingerprint density at radius 2 is 1.83 bits per heavy atom. The first-order chi connectivity index (χ1) is 11.6. The predicted octanol–water partition coefficient (Wildman–Crippen LogP) is 3.97. The first-order valence-corrected chi connectivity index (χ1v) is 8.37. The van der Waals surface area contributed by atoms with Crippen molar-refractivity contribution < 1.29 is 14.3 Å². The van der Waals surface area contributed by atoms with Gasteiger partial charge < -0.3 is 14.4 Å². The summed E-state index contributed by atoms with van der Waals surface area (Å²) < 4.78 is 11.1. The molecule has 1 heterocycles. The van der Waals surface area contributed by atoms with Gasteiger partial charge >= 0.3 is 0 Å². The van der Waals surface area contributed by atoms with Crippen LogP contribution in [0, 0.1) is 0 Å². The molecular weight excluding hydrogens is 346 g/mol. The zero-order valence-corrected chi connectivity index (χ0v) is 14.5. The number of ether oxygens (including phenoxy) is 2.